The number of hydrogen-bond donors (Lipinski definition) is 2. The number of halogens is 8. The molecular formula is C73H73Cl4F4N4O6+. The molecule has 0 saturated heterocycles. The molecule has 10 aliphatic rings. The van der Waals surface area contributed by atoms with Crippen LogP contribution >= 0.6 is 46.4 Å². The van der Waals surface area contributed by atoms with E-state index in [1.165, 1.54) is 33.3 Å². The monoisotopic (exact) mass is 1320 g/mol. The van der Waals surface area contributed by atoms with Crippen molar-refractivity contribution >= 4 is 80.9 Å². The van der Waals surface area contributed by atoms with Crippen molar-refractivity contribution in [3.05, 3.63) is 174 Å². The Morgan fingerprint density at radius 3 is 1.73 bits per heavy atom. The number of anilines is 2. The molecule has 2 N–H and O–H groups in total. The van der Waals surface area contributed by atoms with E-state index >= 15 is 13.2 Å². The largest absolute Gasteiger partial charge is 0.478 e. The second-order valence-electron chi connectivity index (χ2n) is 29.0. The summed E-state index contributed by atoms with van der Waals surface area (Å²) in [6, 6.07) is 8.22. The van der Waals surface area contributed by atoms with Gasteiger partial charge in [0.15, 0.2) is 23.3 Å². The van der Waals surface area contributed by atoms with E-state index in [2.05, 4.69) is 86.5 Å². The van der Waals surface area contributed by atoms with E-state index in [1.807, 2.05) is 12.1 Å². The third kappa shape index (κ3) is 8.96. The minimum Gasteiger partial charge on any atom is -0.478 e. The quantitative estimate of drug-likeness (QED) is 0.0590. The van der Waals surface area contributed by atoms with Gasteiger partial charge >= 0.3 is 11.9 Å². The van der Waals surface area contributed by atoms with E-state index < -0.39 is 57.2 Å². The molecule has 18 heteroatoms. The zero-order chi connectivity index (χ0) is 63.5. The zero-order valence-electron chi connectivity index (χ0n) is 52.8. The molecule has 0 unspecified atom stereocenters. The molecule has 0 amide bonds. The van der Waals surface area contributed by atoms with Crippen LogP contribution in [0.3, 0.4) is 0 Å². The molecule has 476 valence electrons. The Morgan fingerprint density at radius 2 is 1.02 bits per heavy atom. The fourth-order valence-corrected chi connectivity index (χ4v) is 18.1. The van der Waals surface area contributed by atoms with Gasteiger partial charge in [-0.05, 0) is 97.6 Å². The highest BCUT2D eigenvalue weighted by Crippen LogP contribution is 2.58. The molecule has 91 heavy (non-hydrogen) atoms. The molecule has 10 aliphatic heterocycles. The number of benzene rings is 6. The number of ether oxygens (including phenoxy) is 2. The number of aromatic carboxylic acids is 2. The summed E-state index contributed by atoms with van der Waals surface area (Å²) in [5.41, 5.74) is 9.66. The fraction of sp³-hybridized carbons (Fsp3) is 0.438. The first-order valence-corrected chi connectivity index (χ1v) is 33.3. The Kier molecular flexibility index (Phi) is 14.6. The molecule has 16 rings (SSSR count). The first-order valence-electron chi connectivity index (χ1n) is 31.7. The van der Waals surface area contributed by atoms with Crippen molar-refractivity contribution in [3.8, 4) is 23.0 Å². The van der Waals surface area contributed by atoms with E-state index in [4.69, 9.17) is 55.9 Å². The third-order valence-electron chi connectivity index (χ3n) is 21.9. The van der Waals surface area contributed by atoms with Crippen LogP contribution in [0.5, 0.6) is 23.0 Å². The van der Waals surface area contributed by atoms with E-state index in [-0.39, 0.29) is 49.5 Å². The summed E-state index contributed by atoms with van der Waals surface area (Å²) in [4.78, 5) is 30.5. The van der Waals surface area contributed by atoms with Gasteiger partial charge < -0.3 is 36.9 Å². The molecule has 0 radical (unpaired) electrons. The molecule has 6 aromatic rings. The average molecular weight is 1320 g/mol. The van der Waals surface area contributed by atoms with Crippen LogP contribution in [-0.4, -0.2) is 74.5 Å². The van der Waals surface area contributed by atoms with Crippen LogP contribution in [0, 0.1) is 30.7 Å². The van der Waals surface area contributed by atoms with E-state index in [9.17, 15) is 24.2 Å². The van der Waals surface area contributed by atoms with Gasteiger partial charge in [0.05, 0.1) is 36.8 Å². The Bertz CT molecular complexity index is 4640. The molecule has 6 aromatic carbocycles. The van der Waals surface area contributed by atoms with Gasteiger partial charge in [0, 0.05) is 140 Å². The van der Waals surface area contributed by atoms with Crippen LogP contribution in [-0.2, 0) is 47.3 Å². The topological polar surface area (TPSA) is 106 Å². The maximum Gasteiger partial charge on any atom is 0.339 e. The molecular weight excluding hydrogens is 1250 g/mol. The summed E-state index contributed by atoms with van der Waals surface area (Å²) in [7, 11) is 0. The van der Waals surface area contributed by atoms with Crippen molar-refractivity contribution in [1.82, 2.24) is 9.15 Å². The molecule has 0 aromatic heterocycles. The maximum absolute atomic E-state index is 16.5. The summed E-state index contributed by atoms with van der Waals surface area (Å²) in [5.74, 6) is -8.46. The van der Waals surface area contributed by atoms with Crippen molar-refractivity contribution in [2.75, 3.05) is 62.2 Å². The lowest BCUT2D eigenvalue weighted by Gasteiger charge is -2.49. The number of hydrogen-bond acceptors (Lipinski definition) is 6. The summed E-state index contributed by atoms with van der Waals surface area (Å²) in [6.07, 6.45) is 11.2. The van der Waals surface area contributed by atoms with Crippen LogP contribution in [0.25, 0.3) is 11.1 Å². The highest BCUT2D eigenvalue weighted by molar-refractivity contribution is 6.53. The van der Waals surface area contributed by atoms with Gasteiger partial charge in [-0.15, -0.1) is 0 Å². The van der Waals surface area contributed by atoms with E-state index in [0.29, 0.717) is 33.4 Å². The van der Waals surface area contributed by atoms with Crippen molar-refractivity contribution in [1.29, 1.82) is 0 Å². The number of rotatable bonds is 4. The van der Waals surface area contributed by atoms with Gasteiger partial charge in [-0.25, -0.2) is 36.3 Å². The van der Waals surface area contributed by atoms with Crippen LogP contribution in [0.15, 0.2) is 24.3 Å². The Labute approximate surface area is 547 Å². The summed E-state index contributed by atoms with van der Waals surface area (Å²) in [6.45, 7) is 24.7. The van der Waals surface area contributed by atoms with Gasteiger partial charge in [0.2, 0.25) is 10.7 Å². The molecule has 0 saturated carbocycles. The second-order valence-corrected chi connectivity index (χ2v) is 30.5. The second kappa shape index (κ2) is 21.4. The summed E-state index contributed by atoms with van der Waals surface area (Å²) >= 11 is 26.7. The Balaban J connectivity index is 0.000000159. The normalized spacial score (nSPS) is 19.9. The maximum atomic E-state index is 16.5. The van der Waals surface area contributed by atoms with Gasteiger partial charge in [0.1, 0.15) is 54.7 Å². The Hall–Kier alpha value is -6.32. The lowest BCUT2D eigenvalue weighted by Crippen LogP contribution is -2.54. The minimum atomic E-state index is -2.15. The van der Waals surface area contributed by atoms with Crippen molar-refractivity contribution in [2.24, 2.45) is 0 Å². The van der Waals surface area contributed by atoms with Crippen LogP contribution < -0.4 is 49.6 Å². The molecule has 10 heterocycles. The third-order valence-corrected chi connectivity index (χ3v) is 23.7. The number of carbonyl (C=O) groups is 2. The lowest BCUT2D eigenvalue weighted by molar-refractivity contribution is 0.0681. The molecule has 0 atom stereocenters. The van der Waals surface area contributed by atoms with Crippen molar-refractivity contribution < 1.29 is 46.8 Å². The molecule has 0 aliphatic carbocycles. The molecule has 0 bridgehead atoms. The van der Waals surface area contributed by atoms with Crippen molar-refractivity contribution in [3.63, 3.8) is 0 Å². The standard InChI is InChI=1S/C40H42F4N2O3.C32H26Cl4N2O3.CH3/c1-37(2)9-13-45-15-11-39(5,6)26-32(45)21(37)17-19-23(24-25(36(47)48)29(42)31(44)30(43)28(24)41)20-18-22-33-27(35(20)49-34(19)26)40(7,8)12-16-46(33)14-10-38(22,3)4;33-24-22(23(32(39)40)25(34)27(36)26(24)35)21-19-13-15-5-1-9-37-11-3-7-17(28(15)37)30(19)41-31-18-8-4-12-38-10-2-6-16(29(18)38)14-20(21)31;/h17-18H,9-16H2,1-8H3;13-14H,1-12H2;1H3/q;;-1/p+2. The first kappa shape index (κ1) is 62.1. The Morgan fingerprint density at radius 1 is 0.484 bits per heavy atom. The van der Waals surface area contributed by atoms with Crippen LogP contribution in [0.1, 0.15) is 194 Å². The molecule has 0 spiro atoms. The summed E-state index contributed by atoms with van der Waals surface area (Å²) < 4.78 is 81.5. The van der Waals surface area contributed by atoms with Crippen molar-refractivity contribution in [2.45, 2.75) is 154 Å². The fourth-order valence-electron chi connectivity index (χ4n) is 17.1. The smallest absolute Gasteiger partial charge is 0.339 e. The minimum absolute atomic E-state index is 0. The van der Waals surface area contributed by atoms with Gasteiger partial charge in [-0.1, -0.05) is 102 Å². The lowest BCUT2D eigenvalue weighted by atomic mass is 9.67. The molecule has 10 nitrogen and oxygen atoms in total. The van der Waals surface area contributed by atoms with E-state index in [0.717, 1.165) is 185 Å². The number of nitrogens with zero attached hydrogens (tertiary/aromatic N) is 4. The summed E-state index contributed by atoms with van der Waals surface area (Å²) in [5, 5.41) is 24.4. The highest BCUT2D eigenvalue weighted by atomic mass is 35.5. The zero-order valence-corrected chi connectivity index (χ0v) is 55.8. The number of carboxylic acid groups (broad SMARTS) is 2. The SMILES string of the molecule is CC1(C)CCN2CCC(C)(C)c3c4c(cc1c32)C(c1c(F)c(F)c(F)c(F)c1C(=O)O)=c1cc2c3c(c1O4)C(C)(C)CC[N+]=3CCC2(C)C.O=C(O)c1c(Cl)c(Cl)c(Cl)c(Cl)c1C1=c2cc3c4c(c2Oc2c1cc1c5c2CCCN5CCC1)CCC[N+]=4CCC3.[CH3-]. The van der Waals surface area contributed by atoms with Gasteiger partial charge in [0.25, 0.3) is 0 Å². The predicted molar refractivity (Wildman–Crippen MR) is 351 cm³/mol. The first-order chi connectivity index (χ1) is 42.6. The average Bonchev–Trinajstić information content (AvgIpc) is 0.695. The van der Waals surface area contributed by atoms with Gasteiger partial charge in [-0.2, -0.15) is 0 Å². The highest BCUT2D eigenvalue weighted by Gasteiger charge is 2.50. The van der Waals surface area contributed by atoms with Gasteiger partial charge in [-0.3, -0.25) is 0 Å². The van der Waals surface area contributed by atoms with Crippen LogP contribution in [0.4, 0.5) is 28.9 Å². The predicted octanol–water partition coefficient (Wildman–Crippen LogP) is 14.2. The van der Waals surface area contributed by atoms with Crippen LogP contribution in [0.2, 0.25) is 20.1 Å². The number of fused-ring (bicyclic) bond motifs is 8. The molecule has 0 fully saturated rings. The number of aryl methyl sites for hydroxylation is 2. The van der Waals surface area contributed by atoms with E-state index in [1.54, 1.807) is 0 Å². The number of carboxylic acids is 2.